The van der Waals surface area contributed by atoms with Crippen LogP contribution in [0.3, 0.4) is 0 Å². The smallest absolute Gasteiger partial charge is 0.241 e. The van der Waals surface area contributed by atoms with Crippen molar-refractivity contribution in [2.75, 3.05) is 17.1 Å². The molecule has 0 bridgehead atoms. The van der Waals surface area contributed by atoms with E-state index >= 15 is 0 Å². The van der Waals surface area contributed by atoms with Crippen LogP contribution in [0.15, 0.2) is 42.5 Å². The van der Waals surface area contributed by atoms with Gasteiger partial charge in [0.1, 0.15) is 6.54 Å². The van der Waals surface area contributed by atoms with Crippen molar-refractivity contribution in [3.05, 3.63) is 63.6 Å². The van der Waals surface area contributed by atoms with Crippen molar-refractivity contribution in [2.45, 2.75) is 13.5 Å². The Kier molecular flexibility index (Phi) is 6.32. The molecule has 0 aliphatic carbocycles. The number of nitrogens with zero attached hydrogens (tertiary/aromatic N) is 1. The van der Waals surface area contributed by atoms with E-state index in [1.165, 1.54) is 6.07 Å². The summed E-state index contributed by atoms with van der Waals surface area (Å²) in [6.07, 6.45) is 1.06. The number of nitrogens with one attached hydrogen (secondary N) is 1. The predicted octanol–water partition coefficient (Wildman–Crippen LogP) is 3.38. The van der Waals surface area contributed by atoms with Gasteiger partial charge in [-0.15, -0.1) is 0 Å². The normalized spacial score (nSPS) is 11.2. The molecule has 0 saturated heterocycles. The molecule has 0 aliphatic rings. The molecule has 134 valence electrons. The van der Waals surface area contributed by atoms with E-state index in [2.05, 4.69) is 5.32 Å². The summed E-state index contributed by atoms with van der Waals surface area (Å²) in [6.45, 7) is 1.71. The topological polar surface area (TPSA) is 66.5 Å². The summed E-state index contributed by atoms with van der Waals surface area (Å²) >= 11 is 11.8. The number of benzene rings is 2. The number of hydrogen-bond donors (Lipinski definition) is 1. The summed E-state index contributed by atoms with van der Waals surface area (Å²) in [7, 11) is -3.64. The fourth-order valence-electron chi connectivity index (χ4n) is 2.22. The van der Waals surface area contributed by atoms with Crippen molar-refractivity contribution in [2.24, 2.45) is 0 Å². The van der Waals surface area contributed by atoms with E-state index in [1.807, 2.05) is 0 Å². The second-order valence-corrected chi connectivity index (χ2v) is 8.38. The Morgan fingerprint density at radius 3 is 2.28 bits per heavy atom. The Morgan fingerprint density at radius 1 is 1.08 bits per heavy atom. The second-order valence-electron chi connectivity index (χ2n) is 5.60. The fraction of sp³-hybridized carbons (Fsp3) is 0.235. The van der Waals surface area contributed by atoms with Crippen LogP contribution in [0.5, 0.6) is 0 Å². The van der Waals surface area contributed by atoms with E-state index in [0.717, 1.165) is 16.1 Å². The number of halogens is 2. The Morgan fingerprint density at radius 2 is 1.68 bits per heavy atom. The maximum atomic E-state index is 12.2. The number of hydrogen-bond acceptors (Lipinski definition) is 3. The summed E-state index contributed by atoms with van der Waals surface area (Å²) in [5.41, 5.74) is 1.96. The van der Waals surface area contributed by atoms with Crippen LogP contribution in [0.25, 0.3) is 0 Å². The van der Waals surface area contributed by atoms with Gasteiger partial charge in [0, 0.05) is 16.6 Å². The highest BCUT2D eigenvalue weighted by atomic mass is 35.5. The molecule has 25 heavy (non-hydrogen) atoms. The number of carbonyl (C=O) groups is 1. The number of aryl methyl sites for hydroxylation is 1. The van der Waals surface area contributed by atoms with Gasteiger partial charge in [-0.25, -0.2) is 8.42 Å². The number of amides is 1. The van der Waals surface area contributed by atoms with Crippen LogP contribution < -0.4 is 9.62 Å². The minimum absolute atomic E-state index is 0.280. The van der Waals surface area contributed by atoms with Crippen molar-refractivity contribution >= 4 is 44.8 Å². The largest absolute Gasteiger partial charge is 0.350 e. The quantitative estimate of drug-likeness (QED) is 0.807. The first-order valence-corrected chi connectivity index (χ1v) is 10.0. The first-order chi connectivity index (χ1) is 11.7. The summed E-state index contributed by atoms with van der Waals surface area (Å²) < 4.78 is 25.3. The molecule has 0 aromatic heterocycles. The maximum absolute atomic E-state index is 12.2. The third-order valence-electron chi connectivity index (χ3n) is 3.53. The van der Waals surface area contributed by atoms with Gasteiger partial charge in [-0.05, 0) is 42.3 Å². The van der Waals surface area contributed by atoms with Gasteiger partial charge in [-0.1, -0.05) is 41.4 Å². The zero-order valence-corrected chi connectivity index (χ0v) is 16.1. The van der Waals surface area contributed by atoms with Crippen LogP contribution in [-0.4, -0.2) is 27.1 Å². The van der Waals surface area contributed by atoms with Crippen molar-refractivity contribution in [1.29, 1.82) is 0 Å². The first kappa shape index (κ1) is 19.6. The molecule has 0 fully saturated rings. The van der Waals surface area contributed by atoms with Crippen molar-refractivity contribution in [3.63, 3.8) is 0 Å². The van der Waals surface area contributed by atoms with Crippen molar-refractivity contribution < 1.29 is 13.2 Å². The Hall–Kier alpha value is -1.76. The highest BCUT2D eigenvalue weighted by Crippen LogP contribution is 2.26. The van der Waals surface area contributed by atoms with Crippen molar-refractivity contribution in [3.8, 4) is 0 Å². The van der Waals surface area contributed by atoms with Gasteiger partial charge in [0.15, 0.2) is 0 Å². The van der Waals surface area contributed by atoms with Crippen LogP contribution >= 0.6 is 23.2 Å². The van der Waals surface area contributed by atoms with Crippen LogP contribution in [0.2, 0.25) is 10.0 Å². The Bertz CT molecular complexity index is 868. The van der Waals surface area contributed by atoms with E-state index in [9.17, 15) is 13.2 Å². The molecule has 5 nitrogen and oxygen atoms in total. The van der Waals surface area contributed by atoms with Crippen molar-refractivity contribution in [1.82, 2.24) is 5.32 Å². The number of anilines is 1. The van der Waals surface area contributed by atoms with Gasteiger partial charge >= 0.3 is 0 Å². The summed E-state index contributed by atoms with van der Waals surface area (Å²) in [4.78, 5) is 12.2. The number of sulfonamides is 1. The van der Waals surface area contributed by atoms with Crippen LogP contribution in [0.4, 0.5) is 5.69 Å². The lowest BCUT2D eigenvalue weighted by Gasteiger charge is -2.23. The summed E-state index contributed by atoms with van der Waals surface area (Å²) in [5, 5.41) is 3.71. The van der Waals surface area contributed by atoms with E-state index < -0.39 is 15.9 Å². The molecule has 8 heteroatoms. The number of rotatable bonds is 6. The molecule has 0 saturated carbocycles. The minimum atomic E-state index is -3.64. The molecule has 0 unspecified atom stereocenters. The monoisotopic (exact) mass is 400 g/mol. The van der Waals surface area contributed by atoms with Crippen LogP contribution in [0.1, 0.15) is 11.1 Å². The molecule has 0 aliphatic heterocycles. The predicted molar refractivity (Wildman–Crippen MR) is 102 cm³/mol. The Labute approximate surface area is 157 Å². The van der Waals surface area contributed by atoms with E-state index in [-0.39, 0.29) is 13.1 Å². The highest BCUT2D eigenvalue weighted by Gasteiger charge is 2.22. The van der Waals surface area contributed by atoms with Crippen LogP contribution in [0, 0.1) is 6.92 Å². The molecular weight excluding hydrogens is 383 g/mol. The maximum Gasteiger partial charge on any atom is 0.241 e. The van der Waals surface area contributed by atoms with Gasteiger partial charge in [0.25, 0.3) is 0 Å². The van der Waals surface area contributed by atoms with E-state index in [0.29, 0.717) is 21.3 Å². The third kappa shape index (κ3) is 5.63. The molecule has 2 aromatic rings. The average molecular weight is 401 g/mol. The lowest BCUT2D eigenvalue weighted by Crippen LogP contribution is -2.40. The average Bonchev–Trinajstić information content (AvgIpc) is 2.53. The first-order valence-electron chi connectivity index (χ1n) is 7.42. The Balaban J connectivity index is 2.13. The van der Waals surface area contributed by atoms with E-state index in [1.54, 1.807) is 43.3 Å². The van der Waals surface area contributed by atoms with Gasteiger partial charge in [-0.2, -0.15) is 0 Å². The zero-order chi connectivity index (χ0) is 18.6. The fourth-order valence-corrected chi connectivity index (χ4v) is 3.42. The molecule has 1 amide bonds. The molecular formula is C17H18Cl2N2O3S. The van der Waals surface area contributed by atoms with E-state index in [4.69, 9.17) is 23.2 Å². The molecule has 2 rings (SSSR count). The third-order valence-corrected chi connectivity index (χ3v) is 5.14. The zero-order valence-electron chi connectivity index (χ0n) is 13.8. The summed E-state index contributed by atoms with van der Waals surface area (Å²) in [5.74, 6) is -0.417. The molecule has 2 aromatic carbocycles. The SMILES string of the molecule is Cc1ccc(Cl)cc1N(CC(=O)NCc1ccc(Cl)cc1)S(C)(=O)=O. The standard InChI is InChI=1S/C17H18Cl2N2O3S/c1-12-3-6-15(19)9-16(12)21(25(2,23)24)11-17(22)20-10-13-4-7-14(18)8-5-13/h3-9H,10-11H2,1-2H3,(H,20,22). The van der Waals surface area contributed by atoms with Gasteiger partial charge in [0.2, 0.25) is 15.9 Å². The lowest BCUT2D eigenvalue weighted by atomic mass is 10.2. The molecule has 0 heterocycles. The highest BCUT2D eigenvalue weighted by molar-refractivity contribution is 7.92. The molecule has 0 atom stereocenters. The van der Waals surface area contributed by atoms with Gasteiger partial charge in [-0.3, -0.25) is 9.10 Å². The second kappa shape index (κ2) is 8.08. The summed E-state index contributed by atoms with van der Waals surface area (Å²) in [6, 6.07) is 11.9. The number of carbonyl (C=O) groups excluding carboxylic acids is 1. The molecule has 1 N–H and O–H groups in total. The lowest BCUT2D eigenvalue weighted by molar-refractivity contribution is -0.119. The van der Waals surface area contributed by atoms with Gasteiger partial charge < -0.3 is 5.32 Å². The molecule has 0 radical (unpaired) electrons. The van der Waals surface area contributed by atoms with Gasteiger partial charge in [0.05, 0.1) is 11.9 Å². The molecule has 0 spiro atoms. The minimum Gasteiger partial charge on any atom is -0.350 e. The van der Waals surface area contributed by atoms with Crippen LogP contribution in [-0.2, 0) is 21.4 Å².